The van der Waals surface area contributed by atoms with Gasteiger partial charge in [0.25, 0.3) is 0 Å². The maximum absolute atomic E-state index is 14.1. The van der Waals surface area contributed by atoms with E-state index in [0.717, 1.165) is 12.1 Å². The fourth-order valence-electron chi connectivity index (χ4n) is 2.65. The fraction of sp³-hybridized carbons (Fsp3) is 0.143. The highest BCUT2D eigenvalue weighted by Crippen LogP contribution is 2.37. The van der Waals surface area contributed by atoms with Gasteiger partial charge in [-0.3, -0.25) is 0 Å². The lowest BCUT2D eigenvalue weighted by molar-refractivity contribution is 0.568. The molecule has 0 fully saturated rings. The van der Waals surface area contributed by atoms with Gasteiger partial charge in [-0.15, -0.1) is 0 Å². The molecule has 1 nitrogen and oxygen atoms in total. The second-order valence-corrected chi connectivity index (χ2v) is 6.24. The SMILES string of the molecule is Cc1ccc(N(c2ccc(C)c(F)c2)c2cc(F)c(C)c(F)c2)cc1F. The number of rotatable bonds is 3. The molecule has 0 saturated heterocycles. The van der Waals surface area contributed by atoms with E-state index >= 15 is 0 Å². The molecule has 0 amide bonds. The van der Waals surface area contributed by atoms with E-state index in [1.165, 1.54) is 24.0 Å². The summed E-state index contributed by atoms with van der Waals surface area (Å²) in [6.07, 6.45) is 0. The summed E-state index contributed by atoms with van der Waals surface area (Å²) in [5.41, 5.74) is 1.56. The predicted molar refractivity (Wildman–Crippen MR) is 95.2 cm³/mol. The van der Waals surface area contributed by atoms with Gasteiger partial charge in [-0.25, -0.2) is 17.6 Å². The van der Waals surface area contributed by atoms with Crippen LogP contribution in [0.15, 0.2) is 48.5 Å². The summed E-state index contributed by atoms with van der Waals surface area (Å²) in [7, 11) is 0. The monoisotopic (exact) mass is 359 g/mol. The molecule has 0 bridgehead atoms. The van der Waals surface area contributed by atoms with Crippen LogP contribution in [0.25, 0.3) is 0 Å². The smallest absolute Gasteiger partial charge is 0.131 e. The Kier molecular flexibility index (Phi) is 4.72. The molecule has 0 heterocycles. The molecule has 26 heavy (non-hydrogen) atoms. The molecule has 0 N–H and O–H groups in total. The van der Waals surface area contributed by atoms with Gasteiger partial charge in [0.15, 0.2) is 0 Å². The Labute approximate surface area is 149 Å². The van der Waals surface area contributed by atoms with Gasteiger partial charge in [-0.1, -0.05) is 12.1 Å². The van der Waals surface area contributed by atoms with Crippen molar-refractivity contribution in [3.63, 3.8) is 0 Å². The van der Waals surface area contributed by atoms with E-state index in [4.69, 9.17) is 0 Å². The first-order valence-corrected chi connectivity index (χ1v) is 8.06. The van der Waals surface area contributed by atoms with Crippen LogP contribution in [0.4, 0.5) is 34.6 Å². The summed E-state index contributed by atoms with van der Waals surface area (Å²) in [4.78, 5) is 1.41. The number of benzene rings is 3. The molecule has 134 valence electrons. The van der Waals surface area contributed by atoms with Gasteiger partial charge in [0.1, 0.15) is 23.3 Å². The summed E-state index contributed by atoms with van der Waals surface area (Å²) in [6.45, 7) is 4.55. The maximum Gasteiger partial charge on any atom is 0.131 e. The van der Waals surface area contributed by atoms with Crippen molar-refractivity contribution in [1.82, 2.24) is 0 Å². The number of nitrogens with zero attached hydrogens (tertiary/aromatic N) is 1. The zero-order chi connectivity index (χ0) is 19.0. The minimum Gasteiger partial charge on any atom is -0.310 e. The van der Waals surface area contributed by atoms with Gasteiger partial charge in [0.2, 0.25) is 0 Å². The van der Waals surface area contributed by atoms with Crippen LogP contribution >= 0.6 is 0 Å². The molecule has 0 aliphatic heterocycles. The first-order chi connectivity index (χ1) is 12.3. The third-order valence-corrected chi connectivity index (χ3v) is 4.35. The Bertz CT molecular complexity index is 907. The third kappa shape index (κ3) is 3.29. The van der Waals surface area contributed by atoms with Crippen LogP contribution in [-0.4, -0.2) is 0 Å². The summed E-state index contributed by atoms with van der Waals surface area (Å²) in [6, 6.07) is 11.2. The van der Waals surface area contributed by atoms with E-state index in [9.17, 15) is 17.6 Å². The largest absolute Gasteiger partial charge is 0.310 e. The van der Waals surface area contributed by atoms with Crippen molar-refractivity contribution in [1.29, 1.82) is 0 Å². The molecule has 0 atom stereocenters. The molecule has 0 saturated carbocycles. The van der Waals surface area contributed by atoms with Crippen LogP contribution in [0.1, 0.15) is 16.7 Å². The van der Waals surface area contributed by atoms with Gasteiger partial charge >= 0.3 is 0 Å². The van der Waals surface area contributed by atoms with Crippen molar-refractivity contribution >= 4 is 17.1 Å². The molecule has 3 rings (SSSR count). The zero-order valence-corrected chi connectivity index (χ0v) is 14.6. The highest BCUT2D eigenvalue weighted by molar-refractivity contribution is 5.77. The highest BCUT2D eigenvalue weighted by Gasteiger charge is 2.18. The molecule has 0 aromatic heterocycles. The van der Waals surface area contributed by atoms with Crippen LogP contribution in [-0.2, 0) is 0 Å². The van der Waals surface area contributed by atoms with Gasteiger partial charge in [0, 0.05) is 16.9 Å². The van der Waals surface area contributed by atoms with Gasteiger partial charge in [-0.05, 0) is 68.3 Å². The summed E-state index contributed by atoms with van der Waals surface area (Å²) < 4.78 is 56.4. The number of anilines is 3. The van der Waals surface area contributed by atoms with E-state index in [1.54, 1.807) is 38.1 Å². The predicted octanol–water partition coefficient (Wildman–Crippen LogP) is 6.64. The summed E-state index contributed by atoms with van der Waals surface area (Å²) >= 11 is 0. The maximum atomic E-state index is 14.1. The topological polar surface area (TPSA) is 3.24 Å². The van der Waals surface area contributed by atoms with Crippen molar-refractivity contribution in [2.75, 3.05) is 4.90 Å². The van der Waals surface area contributed by atoms with E-state index in [-0.39, 0.29) is 11.3 Å². The van der Waals surface area contributed by atoms with Crippen molar-refractivity contribution < 1.29 is 17.6 Å². The van der Waals surface area contributed by atoms with Gasteiger partial charge in [-0.2, -0.15) is 0 Å². The lowest BCUT2D eigenvalue weighted by Gasteiger charge is -2.26. The first-order valence-electron chi connectivity index (χ1n) is 8.06. The number of halogens is 4. The average molecular weight is 359 g/mol. The van der Waals surface area contributed by atoms with Crippen molar-refractivity contribution in [3.05, 3.63) is 88.5 Å². The molecule has 0 spiro atoms. The van der Waals surface area contributed by atoms with Crippen LogP contribution in [0.3, 0.4) is 0 Å². The minimum absolute atomic E-state index is 0.112. The van der Waals surface area contributed by atoms with Gasteiger partial charge < -0.3 is 4.90 Å². The number of hydrogen-bond donors (Lipinski definition) is 0. The summed E-state index contributed by atoms with van der Waals surface area (Å²) in [5, 5.41) is 0. The van der Waals surface area contributed by atoms with Crippen molar-refractivity contribution in [2.45, 2.75) is 20.8 Å². The molecular weight excluding hydrogens is 342 g/mol. The summed E-state index contributed by atoms with van der Waals surface area (Å²) in [5.74, 6) is -2.39. The van der Waals surface area contributed by atoms with Gasteiger partial charge in [0.05, 0.1) is 5.69 Å². The standard InChI is InChI=1S/C21H17F4N/c1-12-4-6-15(8-18(12)22)26(16-7-5-13(2)19(23)9-16)17-10-20(24)14(3)21(25)11-17/h4-11H,1-3H3. The van der Waals surface area contributed by atoms with Crippen LogP contribution in [0.5, 0.6) is 0 Å². The molecule has 0 unspecified atom stereocenters. The number of hydrogen-bond acceptors (Lipinski definition) is 1. The lowest BCUT2D eigenvalue weighted by Crippen LogP contribution is -2.12. The Morgan fingerprint density at radius 2 is 0.923 bits per heavy atom. The van der Waals surface area contributed by atoms with Crippen LogP contribution in [0.2, 0.25) is 0 Å². The Balaban J connectivity index is 2.24. The quantitative estimate of drug-likeness (QED) is 0.474. The van der Waals surface area contributed by atoms with Crippen LogP contribution in [0, 0.1) is 44.0 Å². The van der Waals surface area contributed by atoms with Crippen molar-refractivity contribution in [2.24, 2.45) is 0 Å². The van der Waals surface area contributed by atoms with E-state index in [1.807, 2.05) is 0 Å². The molecular formula is C21H17F4N. The molecule has 3 aromatic rings. The molecule has 3 aromatic carbocycles. The number of aryl methyl sites for hydroxylation is 2. The molecule has 0 aliphatic carbocycles. The van der Waals surface area contributed by atoms with Crippen molar-refractivity contribution in [3.8, 4) is 0 Å². The normalized spacial score (nSPS) is 10.9. The Morgan fingerprint density at radius 1 is 0.538 bits per heavy atom. The fourth-order valence-corrected chi connectivity index (χ4v) is 2.65. The zero-order valence-electron chi connectivity index (χ0n) is 14.6. The first kappa shape index (κ1) is 18.0. The molecule has 0 aliphatic rings. The highest BCUT2D eigenvalue weighted by atomic mass is 19.1. The molecule has 0 radical (unpaired) electrons. The second kappa shape index (κ2) is 6.83. The third-order valence-electron chi connectivity index (χ3n) is 4.35. The van der Waals surface area contributed by atoms with E-state index < -0.39 is 23.3 Å². The van der Waals surface area contributed by atoms with E-state index in [2.05, 4.69) is 0 Å². The lowest BCUT2D eigenvalue weighted by atomic mass is 10.1. The minimum atomic E-state index is -0.731. The molecule has 5 heteroatoms. The van der Waals surface area contributed by atoms with Crippen LogP contribution < -0.4 is 4.90 Å². The second-order valence-electron chi connectivity index (χ2n) is 6.24. The average Bonchev–Trinajstić information content (AvgIpc) is 2.59. The Hall–Kier alpha value is -2.82. The Morgan fingerprint density at radius 3 is 1.31 bits per heavy atom. The van der Waals surface area contributed by atoms with E-state index in [0.29, 0.717) is 22.5 Å².